The van der Waals surface area contributed by atoms with Crippen LogP contribution >= 0.6 is 0 Å². The van der Waals surface area contributed by atoms with Crippen molar-refractivity contribution in [3.63, 3.8) is 0 Å². The van der Waals surface area contributed by atoms with Gasteiger partial charge in [0, 0.05) is 24.7 Å². The molecule has 0 aromatic heterocycles. The van der Waals surface area contributed by atoms with E-state index in [4.69, 9.17) is 0 Å². The molecule has 1 aliphatic rings. The van der Waals surface area contributed by atoms with Crippen LogP contribution in [0.25, 0.3) is 0 Å². The Kier molecular flexibility index (Phi) is 5.12. The predicted octanol–water partition coefficient (Wildman–Crippen LogP) is 2.74. The number of nitrogens with zero attached hydrogens (tertiary/aromatic N) is 1. The summed E-state index contributed by atoms with van der Waals surface area (Å²) in [4.78, 5) is 14.4. The molecule has 1 N–H and O–H groups in total. The second kappa shape index (κ2) is 6.84. The zero-order valence-electron chi connectivity index (χ0n) is 12.3. The number of aryl methyl sites for hydroxylation is 1. The third-order valence-electron chi connectivity index (χ3n) is 3.80. The van der Waals surface area contributed by atoms with Gasteiger partial charge >= 0.3 is 0 Å². The summed E-state index contributed by atoms with van der Waals surface area (Å²) in [5.74, 6) is -0.384. The molecule has 1 saturated heterocycles. The number of nitrogens with one attached hydrogen (secondary N) is 1. The first-order chi connectivity index (χ1) is 9.61. The molecule has 1 aliphatic heterocycles. The van der Waals surface area contributed by atoms with Crippen LogP contribution in [0.1, 0.15) is 42.1 Å². The minimum Gasteiger partial charge on any atom is -0.337 e. The van der Waals surface area contributed by atoms with Gasteiger partial charge in [0.25, 0.3) is 5.91 Å². The molecule has 1 aromatic rings. The fourth-order valence-corrected chi connectivity index (χ4v) is 2.63. The van der Waals surface area contributed by atoms with E-state index in [2.05, 4.69) is 12.2 Å². The summed E-state index contributed by atoms with van der Waals surface area (Å²) in [5, 5.41) is 3.40. The highest BCUT2D eigenvalue weighted by atomic mass is 19.1. The van der Waals surface area contributed by atoms with Crippen molar-refractivity contribution in [3.05, 3.63) is 35.1 Å². The molecule has 1 atom stereocenters. The van der Waals surface area contributed by atoms with Crippen molar-refractivity contribution in [1.82, 2.24) is 10.2 Å². The average Bonchev–Trinajstić information content (AvgIpc) is 2.93. The lowest BCUT2D eigenvalue weighted by atomic mass is 10.1. The van der Waals surface area contributed by atoms with E-state index in [9.17, 15) is 9.18 Å². The van der Waals surface area contributed by atoms with Crippen LogP contribution in [0.2, 0.25) is 0 Å². The lowest BCUT2D eigenvalue weighted by Gasteiger charge is -2.25. The van der Waals surface area contributed by atoms with Crippen molar-refractivity contribution in [2.75, 3.05) is 19.6 Å². The number of carbonyl (C=O) groups is 1. The molecule has 3 nitrogen and oxygen atoms in total. The van der Waals surface area contributed by atoms with E-state index in [1.807, 2.05) is 4.90 Å². The number of carbonyl (C=O) groups excluding carboxylic acids is 1. The van der Waals surface area contributed by atoms with Gasteiger partial charge in [-0.25, -0.2) is 4.39 Å². The quantitative estimate of drug-likeness (QED) is 0.898. The second-order valence-corrected chi connectivity index (χ2v) is 5.51. The Balaban J connectivity index is 2.10. The number of hydrogen-bond acceptors (Lipinski definition) is 2. The zero-order chi connectivity index (χ0) is 14.5. The topological polar surface area (TPSA) is 32.3 Å². The molecule has 20 heavy (non-hydrogen) atoms. The first-order valence-corrected chi connectivity index (χ1v) is 7.40. The lowest BCUT2D eigenvalue weighted by Crippen LogP contribution is -2.41. The minimum atomic E-state index is -0.314. The molecule has 0 spiro atoms. The standard InChI is InChI=1S/C16H23FN2O/c1-3-9-19(11-14-5-4-8-18-14)16(20)13-7-6-12(2)15(17)10-13/h6-7,10,14,18H,3-5,8-9,11H2,1-2H3. The summed E-state index contributed by atoms with van der Waals surface area (Å²) >= 11 is 0. The van der Waals surface area contributed by atoms with E-state index in [0.717, 1.165) is 25.8 Å². The molecule has 110 valence electrons. The number of amides is 1. The monoisotopic (exact) mass is 278 g/mol. The Hall–Kier alpha value is -1.42. The van der Waals surface area contributed by atoms with Gasteiger partial charge in [-0.05, 0) is 50.4 Å². The van der Waals surface area contributed by atoms with Gasteiger partial charge in [-0.15, -0.1) is 0 Å². The summed E-state index contributed by atoms with van der Waals surface area (Å²) < 4.78 is 13.6. The second-order valence-electron chi connectivity index (χ2n) is 5.51. The fourth-order valence-electron chi connectivity index (χ4n) is 2.63. The maximum atomic E-state index is 13.6. The Bertz CT molecular complexity index is 470. The van der Waals surface area contributed by atoms with Crippen molar-refractivity contribution in [1.29, 1.82) is 0 Å². The van der Waals surface area contributed by atoms with Crippen LogP contribution in [0.5, 0.6) is 0 Å². The molecule has 0 radical (unpaired) electrons. The van der Waals surface area contributed by atoms with Gasteiger partial charge in [0.1, 0.15) is 5.82 Å². The number of halogens is 1. The van der Waals surface area contributed by atoms with E-state index in [1.54, 1.807) is 19.1 Å². The molecule has 1 aromatic carbocycles. The highest BCUT2D eigenvalue weighted by Crippen LogP contribution is 2.14. The zero-order valence-corrected chi connectivity index (χ0v) is 12.3. The SMILES string of the molecule is CCCN(CC1CCCN1)C(=O)c1ccc(C)c(F)c1. The van der Waals surface area contributed by atoms with Crippen LogP contribution in [0.3, 0.4) is 0 Å². The number of benzene rings is 1. The van der Waals surface area contributed by atoms with E-state index >= 15 is 0 Å². The van der Waals surface area contributed by atoms with Gasteiger partial charge in [0.05, 0.1) is 0 Å². The smallest absolute Gasteiger partial charge is 0.254 e. The summed E-state index contributed by atoms with van der Waals surface area (Å²) in [6, 6.07) is 5.11. The van der Waals surface area contributed by atoms with Crippen LogP contribution in [-0.2, 0) is 0 Å². The van der Waals surface area contributed by atoms with Crippen LogP contribution in [0, 0.1) is 12.7 Å². The molecular formula is C16H23FN2O. The van der Waals surface area contributed by atoms with Crippen LogP contribution in [0.4, 0.5) is 4.39 Å². The van der Waals surface area contributed by atoms with Gasteiger partial charge < -0.3 is 10.2 Å². The Labute approximate surface area is 120 Å². The first kappa shape index (κ1) is 15.0. The number of rotatable bonds is 5. The number of hydrogen-bond donors (Lipinski definition) is 1. The maximum absolute atomic E-state index is 13.6. The molecular weight excluding hydrogens is 255 g/mol. The van der Waals surface area contributed by atoms with E-state index < -0.39 is 0 Å². The summed E-state index contributed by atoms with van der Waals surface area (Å²) in [6.07, 6.45) is 3.18. The highest BCUT2D eigenvalue weighted by molar-refractivity contribution is 5.94. The van der Waals surface area contributed by atoms with Gasteiger partial charge in [0.15, 0.2) is 0 Å². The van der Waals surface area contributed by atoms with E-state index in [1.165, 1.54) is 6.07 Å². The molecule has 1 amide bonds. The fraction of sp³-hybridized carbons (Fsp3) is 0.562. The molecule has 0 aliphatic carbocycles. The van der Waals surface area contributed by atoms with Crippen LogP contribution in [-0.4, -0.2) is 36.5 Å². The van der Waals surface area contributed by atoms with Crippen molar-refractivity contribution >= 4 is 5.91 Å². The Morgan fingerprint density at radius 3 is 2.90 bits per heavy atom. The lowest BCUT2D eigenvalue weighted by molar-refractivity contribution is 0.0741. The molecule has 1 unspecified atom stereocenters. The molecule has 1 heterocycles. The van der Waals surface area contributed by atoms with Gasteiger partial charge in [-0.2, -0.15) is 0 Å². The van der Waals surface area contributed by atoms with Crippen LogP contribution in [0.15, 0.2) is 18.2 Å². The Morgan fingerprint density at radius 1 is 1.50 bits per heavy atom. The van der Waals surface area contributed by atoms with Gasteiger partial charge in [0.2, 0.25) is 0 Å². The summed E-state index contributed by atoms with van der Waals surface area (Å²) in [5.41, 5.74) is 1.01. The Morgan fingerprint density at radius 2 is 2.30 bits per heavy atom. The summed E-state index contributed by atoms with van der Waals surface area (Å²) in [7, 11) is 0. The third kappa shape index (κ3) is 3.57. The highest BCUT2D eigenvalue weighted by Gasteiger charge is 2.22. The third-order valence-corrected chi connectivity index (χ3v) is 3.80. The van der Waals surface area contributed by atoms with Gasteiger partial charge in [-0.3, -0.25) is 4.79 Å². The van der Waals surface area contributed by atoms with Crippen molar-refractivity contribution in [2.24, 2.45) is 0 Å². The van der Waals surface area contributed by atoms with Crippen molar-refractivity contribution in [3.8, 4) is 0 Å². The van der Waals surface area contributed by atoms with Gasteiger partial charge in [-0.1, -0.05) is 13.0 Å². The minimum absolute atomic E-state index is 0.0700. The average molecular weight is 278 g/mol. The molecule has 2 rings (SSSR count). The predicted molar refractivity (Wildman–Crippen MR) is 78.4 cm³/mol. The first-order valence-electron chi connectivity index (χ1n) is 7.40. The largest absolute Gasteiger partial charge is 0.337 e. The summed E-state index contributed by atoms with van der Waals surface area (Å²) in [6.45, 7) is 6.21. The molecule has 0 bridgehead atoms. The van der Waals surface area contributed by atoms with E-state index in [0.29, 0.717) is 30.3 Å². The van der Waals surface area contributed by atoms with Crippen LogP contribution < -0.4 is 5.32 Å². The molecule has 1 fully saturated rings. The maximum Gasteiger partial charge on any atom is 0.254 e. The van der Waals surface area contributed by atoms with Crippen molar-refractivity contribution in [2.45, 2.75) is 39.2 Å². The normalized spacial score (nSPS) is 18.2. The van der Waals surface area contributed by atoms with Crippen molar-refractivity contribution < 1.29 is 9.18 Å². The van der Waals surface area contributed by atoms with E-state index in [-0.39, 0.29) is 11.7 Å². The molecule has 0 saturated carbocycles. The molecule has 4 heteroatoms.